The van der Waals surface area contributed by atoms with E-state index in [0.29, 0.717) is 0 Å². The summed E-state index contributed by atoms with van der Waals surface area (Å²) in [4.78, 5) is 0. The minimum Gasteiger partial charge on any atom is -0.316 e. The van der Waals surface area contributed by atoms with Gasteiger partial charge in [0.05, 0.1) is 0 Å². The van der Waals surface area contributed by atoms with Crippen LogP contribution in [0.15, 0.2) is 0 Å². The molecule has 1 nitrogen and oxygen atoms in total. The lowest BCUT2D eigenvalue weighted by Crippen LogP contribution is -2.21. The molecule has 2 atom stereocenters. The van der Waals surface area contributed by atoms with Crippen LogP contribution in [-0.2, 0) is 0 Å². The first-order valence-corrected chi connectivity index (χ1v) is 4.66. The van der Waals surface area contributed by atoms with E-state index in [-0.39, 0.29) is 12.4 Å². The Bertz CT molecular complexity index is 104. The van der Waals surface area contributed by atoms with Crippen LogP contribution in [0.3, 0.4) is 0 Å². The first kappa shape index (κ1) is 9.34. The molecule has 11 heavy (non-hydrogen) atoms. The summed E-state index contributed by atoms with van der Waals surface area (Å²) in [5, 5.41) is 3.52. The topological polar surface area (TPSA) is 12.0 Å². The van der Waals surface area contributed by atoms with Gasteiger partial charge in [0.1, 0.15) is 0 Å². The highest BCUT2D eigenvalue weighted by Gasteiger charge is 2.23. The molecule has 2 unspecified atom stereocenters. The minimum atomic E-state index is 0. The fourth-order valence-electron chi connectivity index (χ4n) is 2.46. The number of hydrogen-bond acceptors (Lipinski definition) is 1. The van der Waals surface area contributed by atoms with Gasteiger partial charge < -0.3 is 5.32 Å². The molecule has 0 aromatic heterocycles. The second-order valence-corrected chi connectivity index (χ2v) is 3.89. The van der Waals surface area contributed by atoms with Crippen LogP contribution >= 0.6 is 12.4 Å². The van der Waals surface area contributed by atoms with Crippen molar-refractivity contribution in [2.75, 3.05) is 13.1 Å². The van der Waals surface area contributed by atoms with Gasteiger partial charge >= 0.3 is 0 Å². The van der Waals surface area contributed by atoms with E-state index in [1.807, 2.05) is 0 Å². The molecule has 1 aliphatic carbocycles. The van der Waals surface area contributed by atoms with Crippen LogP contribution in [0.5, 0.6) is 0 Å². The second kappa shape index (κ2) is 4.32. The Morgan fingerprint density at radius 1 is 1.00 bits per heavy atom. The number of hydrogen-bond donors (Lipinski definition) is 1. The number of rotatable bonds is 0. The van der Waals surface area contributed by atoms with Crippen molar-refractivity contribution < 1.29 is 0 Å². The molecule has 2 heteroatoms. The first-order chi connectivity index (χ1) is 4.95. The van der Waals surface area contributed by atoms with Gasteiger partial charge in [-0.25, -0.2) is 0 Å². The zero-order valence-corrected chi connectivity index (χ0v) is 7.83. The maximum Gasteiger partial charge on any atom is -0.00204 e. The van der Waals surface area contributed by atoms with E-state index in [9.17, 15) is 0 Å². The summed E-state index contributed by atoms with van der Waals surface area (Å²) in [6, 6.07) is 0. The van der Waals surface area contributed by atoms with E-state index in [1.54, 1.807) is 0 Å². The third kappa shape index (κ3) is 2.34. The highest BCUT2D eigenvalue weighted by atomic mass is 35.5. The maximum atomic E-state index is 3.52. The lowest BCUT2D eigenvalue weighted by molar-refractivity contribution is 0.283. The number of nitrogens with one attached hydrogen (secondary N) is 1. The second-order valence-electron chi connectivity index (χ2n) is 3.89. The van der Waals surface area contributed by atoms with Crippen molar-refractivity contribution in [2.24, 2.45) is 11.8 Å². The Kier molecular flexibility index (Phi) is 3.67. The molecule has 0 aromatic rings. The van der Waals surface area contributed by atoms with Gasteiger partial charge in [-0.1, -0.05) is 12.8 Å². The average Bonchev–Trinajstić information content (AvgIpc) is 2.12. The van der Waals surface area contributed by atoms with E-state index in [0.717, 1.165) is 11.8 Å². The molecule has 0 radical (unpaired) electrons. The van der Waals surface area contributed by atoms with Gasteiger partial charge in [0.15, 0.2) is 0 Å². The molecule has 2 rings (SSSR count). The summed E-state index contributed by atoms with van der Waals surface area (Å²) >= 11 is 0. The van der Waals surface area contributed by atoms with Crippen LogP contribution in [0.1, 0.15) is 32.1 Å². The quantitative estimate of drug-likeness (QED) is 0.596. The largest absolute Gasteiger partial charge is 0.316 e. The molecule has 66 valence electrons. The standard InChI is InChI=1S/C9H17N.ClH/c1-2-8-4-5-10-7-9(3-1)6-8;/h8-10H,1-7H2;1H. The molecule has 0 spiro atoms. The van der Waals surface area contributed by atoms with Gasteiger partial charge in [0.2, 0.25) is 0 Å². The predicted molar refractivity (Wildman–Crippen MR) is 50.2 cm³/mol. The third-order valence-corrected chi connectivity index (χ3v) is 3.05. The van der Waals surface area contributed by atoms with Crippen molar-refractivity contribution >= 4 is 12.4 Å². The maximum absolute atomic E-state index is 3.52. The zero-order chi connectivity index (χ0) is 6.81. The van der Waals surface area contributed by atoms with Crippen LogP contribution in [0.25, 0.3) is 0 Å². The summed E-state index contributed by atoms with van der Waals surface area (Å²) < 4.78 is 0. The Hall–Kier alpha value is 0.250. The van der Waals surface area contributed by atoms with Crippen molar-refractivity contribution in [1.82, 2.24) is 5.32 Å². The van der Waals surface area contributed by atoms with E-state index >= 15 is 0 Å². The molecule has 2 aliphatic rings. The van der Waals surface area contributed by atoms with Crippen LogP contribution in [0.4, 0.5) is 0 Å². The van der Waals surface area contributed by atoms with E-state index < -0.39 is 0 Å². The Labute approximate surface area is 75.4 Å². The van der Waals surface area contributed by atoms with Gasteiger partial charge in [-0.05, 0) is 44.2 Å². The van der Waals surface area contributed by atoms with Gasteiger partial charge in [0.25, 0.3) is 0 Å². The third-order valence-electron chi connectivity index (χ3n) is 3.05. The molecular formula is C9H18ClN. The summed E-state index contributed by atoms with van der Waals surface area (Å²) in [6.45, 7) is 2.58. The fraction of sp³-hybridized carbons (Fsp3) is 1.00. The Morgan fingerprint density at radius 2 is 1.82 bits per heavy atom. The highest BCUT2D eigenvalue weighted by molar-refractivity contribution is 5.85. The van der Waals surface area contributed by atoms with Crippen LogP contribution in [-0.4, -0.2) is 13.1 Å². The smallest absolute Gasteiger partial charge is 0.00204 e. The van der Waals surface area contributed by atoms with Crippen LogP contribution < -0.4 is 5.32 Å². The van der Waals surface area contributed by atoms with E-state index in [2.05, 4.69) is 5.32 Å². The van der Waals surface area contributed by atoms with Gasteiger partial charge in [0, 0.05) is 0 Å². The molecule has 0 aromatic carbocycles. The highest BCUT2D eigenvalue weighted by Crippen LogP contribution is 2.31. The molecule has 1 heterocycles. The summed E-state index contributed by atoms with van der Waals surface area (Å²) in [5.41, 5.74) is 0. The Balaban J connectivity index is 0.000000605. The van der Waals surface area contributed by atoms with E-state index in [1.165, 1.54) is 45.2 Å². The molecule has 1 N–H and O–H groups in total. The average molecular weight is 176 g/mol. The molecule has 2 bridgehead atoms. The van der Waals surface area contributed by atoms with Crippen molar-refractivity contribution in [2.45, 2.75) is 32.1 Å². The first-order valence-electron chi connectivity index (χ1n) is 4.66. The summed E-state index contributed by atoms with van der Waals surface area (Å²) in [5.74, 6) is 2.11. The van der Waals surface area contributed by atoms with Gasteiger partial charge in [-0.3, -0.25) is 0 Å². The van der Waals surface area contributed by atoms with Crippen molar-refractivity contribution in [1.29, 1.82) is 0 Å². The van der Waals surface area contributed by atoms with Crippen LogP contribution in [0.2, 0.25) is 0 Å². The minimum absolute atomic E-state index is 0. The van der Waals surface area contributed by atoms with Crippen LogP contribution in [0, 0.1) is 11.8 Å². The normalized spacial score (nSPS) is 37.1. The van der Waals surface area contributed by atoms with Crippen molar-refractivity contribution in [3.63, 3.8) is 0 Å². The molecule has 2 fully saturated rings. The number of halogens is 1. The van der Waals surface area contributed by atoms with Gasteiger partial charge in [-0.2, -0.15) is 0 Å². The Morgan fingerprint density at radius 3 is 2.73 bits per heavy atom. The molecule has 1 saturated carbocycles. The molecular weight excluding hydrogens is 158 g/mol. The zero-order valence-electron chi connectivity index (χ0n) is 7.01. The number of fused-ring (bicyclic) bond motifs is 2. The van der Waals surface area contributed by atoms with Crippen molar-refractivity contribution in [3.8, 4) is 0 Å². The predicted octanol–water partition coefficient (Wildman–Crippen LogP) is 2.21. The fourth-order valence-corrected chi connectivity index (χ4v) is 2.46. The lowest BCUT2D eigenvalue weighted by atomic mass is 9.81. The molecule has 0 amide bonds. The van der Waals surface area contributed by atoms with Crippen molar-refractivity contribution in [3.05, 3.63) is 0 Å². The van der Waals surface area contributed by atoms with E-state index in [4.69, 9.17) is 0 Å². The van der Waals surface area contributed by atoms with Gasteiger partial charge in [-0.15, -0.1) is 12.4 Å². The molecule has 1 aliphatic heterocycles. The monoisotopic (exact) mass is 175 g/mol. The summed E-state index contributed by atoms with van der Waals surface area (Å²) in [7, 11) is 0. The summed E-state index contributed by atoms with van der Waals surface area (Å²) in [6.07, 6.45) is 7.46. The lowest BCUT2D eigenvalue weighted by Gasteiger charge is -2.25. The molecule has 1 saturated heterocycles. The SMILES string of the molecule is C1CC2CCNCC(C1)C2.Cl.